The van der Waals surface area contributed by atoms with Gasteiger partial charge in [-0.2, -0.15) is 0 Å². The number of anilines is 1. The number of halogens is 1. The van der Waals surface area contributed by atoms with Crippen molar-refractivity contribution in [2.45, 2.75) is 20.4 Å². The maximum Gasteiger partial charge on any atom is 0.143 e. The molecule has 1 heterocycles. The van der Waals surface area contributed by atoms with Gasteiger partial charge in [-0.25, -0.2) is 4.98 Å². The Balaban J connectivity index is 2.37. The maximum atomic E-state index is 6.32. The van der Waals surface area contributed by atoms with Crippen LogP contribution < -0.4 is 5.73 Å². The van der Waals surface area contributed by atoms with E-state index in [4.69, 9.17) is 22.3 Å². The van der Waals surface area contributed by atoms with E-state index in [0.717, 1.165) is 40.2 Å². The molecule has 0 unspecified atom stereocenters. The summed E-state index contributed by atoms with van der Waals surface area (Å²) >= 11 is 6.32. The van der Waals surface area contributed by atoms with Crippen LogP contribution in [0.2, 0.25) is 5.02 Å². The fourth-order valence-electron chi connectivity index (χ4n) is 2.53. The Morgan fingerprint density at radius 2 is 1.95 bits per heavy atom. The molecule has 3 rings (SSSR count). The Morgan fingerprint density at radius 3 is 2.70 bits per heavy atom. The zero-order valence-corrected chi connectivity index (χ0v) is 12.3. The average Bonchev–Trinajstić information content (AvgIpc) is 2.81. The molecule has 1 aromatic heterocycles. The van der Waals surface area contributed by atoms with Crippen molar-refractivity contribution in [2.24, 2.45) is 0 Å². The number of fused-ring (bicyclic) bond motifs is 1. The number of imidazole rings is 1. The maximum absolute atomic E-state index is 6.32. The van der Waals surface area contributed by atoms with Crippen molar-refractivity contribution >= 4 is 28.3 Å². The summed E-state index contributed by atoms with van der Waals surface area (Å²) in [7, 11) is 0. The average molecular weight is 286 g/mol. The molecular weight excluding hydrogens is 270 g/mol. The molecule has 20 heavy (non-hydrogen) atoms. The predicted molar refractivity (Wildman–Crippen MR) is 85.0 cm³/mol. The van der Waals surface area contributed by atoms with Crippen LogP contribution in [0.4, 0.5) is 5.69 Å². The summed E-state index contributed by atoms with van der Waals surface area (Å²) in [6.07, 6.45) is 0. The third-order valence-corrected chi connectivity index (χ3v) is 3.90. The van der Waals surface area contributed by atoms with E-state index < -0.39 is 0 Å². The lowest BCUT2D eigenvalue weighted by Gasteiger charge is -2.10. The Kier molecular flexibility index (Phi) is 3.14. The molecule has 0 aliphatic rings. The monoisotopic (exact) mass is 285 g/mol. The highest BCUT2D eigenvalue weighted by Gasteiger charge is 2.16. The second-order valence-electron chi connectivity index (χ2n) is 4.82. The van der Waals surface area contributed by atoms with Crippen LogP contribution in [0.15, 0.2) is 36.4 Å². The van der Waals surface area contributed by atoms with E-state index in [1.54, 1.807) is 0 Å². The Labute approximate surface area is 123 Å². The first-order valence-corrected chi connectivity index (χ1v) is 7.01. The number of para-hydroxylation sites is 2. The van der Waals surface area contributed by atoms with Crippen molar-refractivity contribution in [3.05, 3.63) is 47.0 Å². The van der Waals surface area contributed by atoms with E-state index in [2.05, 4.69) is 11.5 Å². The molecule has 0 aliphatic carbocycles. The molecule has 0 fully saturated rings. The van der Waals surface area contributed by atoms with Crippen LogP contribution in [0.3, 0.4) is 0 Å². The smallest absolute Gasteiger partial charge is 0.143 e. The van der Waals surface area contributed by atoms with Gasteiger partial charge in [-0.15, -0.1) is 0 Å². The molecule has 0 saturated carbocycles. The first kappa shape index (κ1) is 13.0. The molecule has 0 spiro atoms. The van der Waals surface area contributed by atoms with Crippen LogP contribution in [0.1, 0.15) is 12.5 Å². The lowest BCUT2D eigenvalue weighted by atomic mass is 10.1. The van der Waals surface area contributed by atoms with Gasteiger partial charge >= 0.3 is 0 Å². The fourth-order valence-corrected chi connectivity index (χ4v) is 2.80. The van der Waals surface area contributed by atoms with Gasteiger partial charge in [0.2, 0.25) is 0 Å². The van der Waals surface area contributed by atoms with Gasteiger partial charge in [0.25, 0.3) is 0 Å². The summed E-state index contributed by atoms with van der Waals surface area (Å²) in [6, 6.07) is 11.8. The van der Waals surface area contributed by atoms with Crippen LogP contribution in [-0.2, 0) is 6.54 Å². The largest absolute Gasteiger partial charge is 0.398 e. The van der Waals surface area contributed by atoms with Crippen LogP contribution in [0, 0.1) is 6.92 Å². The topological polar surface area (TPSA) is 43.8 Å². The number of aromatic nitrogens is 2. The van der Waals surface area contributed by atoms with Crippen molar-refractivity contribution in [1.29, 1.82) is 0 Å². The van der Waals surface area contributed by atoms with Crippen molar-refractivity contribution in [3.63, 3.8) is 0 Å². The quantitative estimate of drug-likeness (QED) is 0.715. The molecule has 0 aliphatic heterocycles. The van der Waals surface area contributed by atoms with Gasteiger partial charge < -0.3 is 10.3 Å². The number of benzene rings is 2. The summed E-state index contributed by atoms with van der Waals surface area (Å²) in [5.74, 6) is 0.872. The van der Waals surface area contributed by atoms with E-state index in [1.807, 2.05) is 43.3 Å². The number of hydrogen-bond acceptors (Lipinski definition) is 2. The van der Waals surface area contributed by atoms with E-state index in [1.165, 1.54) is 0 Å². The minimum atomic E-state index is 0.717. The molecule has 0 saturated heterocycles. The van der Waals surface area contributed by atoms with E-state index in [9.17, 15) is 0 Å². The molecular formula is C16H16ClN3. The van der Waals surface area contributed by atoms with Gasteiger partial charge in [0.05, 0.1) is 16.1 Å². The normalized spacial score (nSPS) is 11.2. The number of hydrogen-bond donors (Lipinski definition) is 1. The molecule has 3 aromatic rings. The standard InChI is InChI=1S/C16H16ClN3/c1-3-20-15-12(17)8-5-9-13(15)19-16(20)11-7-4-6-10(2)14(11)18/h4-9H,3,18H2,1-2H3. The van der Waals surface area contributed by atoms with E-state index in [-0.39, 0.29) is 0 Å². The van der Waals surface area contributed by atoms with Crippen LogP contribution in [-0.4, -0.2) is 9.55 Å². The third-order valence-electron chi connectivity index (χ3n) is 3.60. The van der Waals surface area contributed by atoms with Crippen molar-refractivity contribution in [2.75, 3.05) is 5.73 Å². The number of nitrogen functional groups attached to an aromatic ring is 1. The van der Waals surface area contributed by atoms with Gasteiger partial charge in [-0.3, -0.25) is 0 Å². The van der Waals surface area contributed by atoms with Gasteiger partial charge in [-0.1, -0.05) is 29.8 Å². The molecule has 4 heteroatoms. The summed E-state index contributed by atoms with van der Waals surface area (Å²) < 4.78 is 2.11. The summed E-state index contributed by atoms with van der Waals surface area (Å²) in [5, 5.41) is 0.717. The first-order valence-electron chi connectivity index (χ1n) is 6.63. The molecule has 2 aromatic carbocycles. The van der Waals surface area contributed by atoms with Crippen molar-refractivity contribution < 1.29 is 0 Å². The van der Waals surface area contributed by atoms with Crippen molar-refractivity contribution in [1.82, 2.24) is 9.55 Å². The van der Waals surface area contributed by atoms with Crippen LogP contribution in [0.5, 0.6) is 0 Å². The third kappa shape index (κ3) is 1.86. The minimum absolute atomic E-state index is 0.717. The number of nitrogens with zero attached hydrogens (tertiary/aromatic N) is 2. The summed E-state index contributed by atoms with van der Waals surface area (Å²) in [4.78, 5) is 4.72. The van der Waals surface area contributed by atoms with Crippen LogP contribution in [0.25, 0.3) is 22.4 Å². The zero-order valence-electron chi connectivity index (χ0n) is 11.5. The summed E-state index contributed by atoms with van der Waals surface area (Å²) in [5.41, 5.74) is 10.9. The Bertz CT molecular complexity index is 790. The number of aryl methyl sites for hydroxylation is 2. The van der Waals surface area contributed by atoms with Crippen LogP contribution >= 0.6 is 11.6 Å². The van der Waals surface area contributed by atoms with Gasteiger partial charge in [-0.05, 0) is 37.6 Å². The highest BCUT2D eigenvalue weighted by Crippen LogP contribution is 2.33. The number of rotatable bonds is 2. The molecule has 0 atom stereocenters. The summed E-state index contributed by atoms with van der Waals surface area (Å²) in [6.45, 7) is 4.88. The number of nitrogens with two attached hydrogens (primary N) is 1. The molecule has 0 bridgehead atoms. The molecule has 3 nitrogen and oxygen atoms in total. The van der Waals surface area contributed by atoms with Gasteiger partial charge in [0.15, 0.2) is 0 Å². The second-order valence-corrected chi connectivity index (χ2v) is 5.23. The van der Waals surface area contributed by atoms with E-state index >= 15 is 0 Å². The Hall–Kier alpha value is -2.00. The predicted octanol–water partition coefficient (Wildman–Crippen LogP) is 4.27. The lowest BCUT2D eigenvalue weighted by molar-refractivity contribution is 0.796. The fraction of sp³-hybridized carbons (Fsp3) is 0.188. The van der Waals surface area contributed by atoms with Crippen molar-refractivity contribution in [3.8, 4) is 11.4 Å². The highest BCUT2D eigenvalue weighted by molar-refractivity contribution is 6.35. The molecule has 0 amide bonds. The molecule has 0 radical (unpaired) electrons. The zero-order chi connectivity index (χ0) is 14.3. The Morgan fingerprint density at radius 1 is 1.20 bits per heavy atom. The first-order chi connectivity index (χ1) is 9.63. The minimum Gasteiger partial charge on any atom is -0.398 e. The lowest BCUT2D eigenvalue weighted by Crippen LogP contribution is -2.01. The van der Waals surface area contributed by atoms with Gasteiger partial charge in [0, 0.05) is 17.8 Å². The van der Waals surface area contributed by atoms with Gasteiger partial charge in [0.1, 0.15) is 5.82 Å². The second kappa shape index (κ2) is 4.84. The molecule has 102 valence electrons. The van der Waals surface area contributed by atoms with E-state index in [0.29, 0.717) is 5.02 Å². The SMILES string of the molecule is CCn1c(-c2cccc(C)c2N)nc2cccc(Cl)c21. The highest BCUT2D eigenvalue weighted by atomic mass is 35.5. The molecule has 2 N–H and O–H groups in total.